The van der Waals surface area contributed by atoms with E-state index in [0.717, 1.165) is 30.8 Å². The van der Waals surface area contributed by atoms with E-state index in [4.69, 9.17) is 4.74 Å². The molecule has 0 aromatic carbocycles. The normalized spacial score (nSPS) is 10.9. The molecule has 0 aliphatic rings. The van der Waals surface area contributed by atoms with Crippen LogP contribution in [-0.4, -0.2) is 44.0 Å². The molecule has 31 heavy (non-hydrogen) atoms. The van der Waals surface area contributed by atoms with Gasteiger partial charge in [-0.15, -0.1) is 32.9 Å². The lowest BCUT2D eigenvalue weighted by atomic mass is 10.2. The van der Waals surface area contributed by atoms with Gasteiger partial charge in [-0.2, -0.15) is 0 Å². The van der Waals surface area contributed by atoms with Gasteiger partial charge in [-0.05, 0) is 26.3 Å². The van der Waals surface area contributed by atoms with Crippen LogP contribution in [0.25, 0.3) is 11.4 Å². The van der Waals surface area contributed by atoms with E-state index in [1.54, 1.807) is 23.6 Å². The second kappa shape index (κ2) is 11.4. The fourth-order valence-corrected chi connectivity index (χ4v) is 5.36. The van der Waals surface area contributed by atoms with Gasteiger partial charge in [0.25, 0.3) is 0 Å². The fraction of sp³-hybridized carbons (Fsp3) is 0.450. The van der Waals surface area contributed by atoms with Crippen molar-refractivity contribution in [2.45, 2.75) is 51.7 Å². The first kappa shape index (κ1) is 23.4. The highest BCUT2D eigenvalue weighted by Gasteiger charge is 2.16. The molecule has 3 rings (SSSR count). The third kappa shape index (κ3) is 6.37. The van der Waals surface area contributed by atoms with Crippen LogP contribution in [0.2, 0.25) is 0 Å². The molecule has 0 aliphatic heterocycles. The van der Waals surface area contributed by atoms with Crippen molar-refractivity contribution in [1.82, 2.24) is 19.7 Å². The molecule has 3 aromatic rings. The maximum Gasteiger partial charge on any atom is 0.311 e. The van der Waals surface area contributed by atoms with Crippen molar-refractivity contribution in [3.8, 4) is 11.4 Å². The second-order valence-corrected chi connectivity index (χ2v) is 9.36. The van der Waals surface area contributed by atoms with Gasteiger partial charge in [0.15, 0.2) is 16.1 Å². The molecular weight excluding hydrogens is 454 g/mol. The Hall–Kier alpha value is -2.24. The minimum Gasteiger partial charge on any atom is -0.466 e. The largest absolute Gasteiger partial charge is 0.466 e. The van der Waals surface area contributed by atoms with Crippen LogP contribution in [0.15, 0.2) is 22.0 Å². The molecule has 0 aliphatic carbocycles. The highest BCUT2D eigenvalue weighted by molar-refractivity contribution is 7.99. The molecule has 0 saturated heterocycles. The van der Waals surface area contributed by atoms with E-state index >= 15 is 0 Å². The lowest BCUT2D eigenvalue weighted by Gasteiger charge is -2.06. The number of amides is 1. The SMILES string of the molecule is CCCc1cc(-c2nnc(SCC(=O)Nc3nc(CC(=O)OCC)cs3)n2CC)cs1. The maximum absolute atomic E-state index is 12.4. The number of hydrogen-bond acceptors (Lipinski definition) is 9. The summed E-state index contributed by atoms with van der Waals surface area (Å²) in [6.45, 7) is 7.02. The Balaban J connectivity index is 1.57. The fourth-order valence-electron chi connectivity index (χ4n) is 2.86. The molecule has 0 spiro atoms. The zero-order valence-corrected chi connectivity index (χ0v) is 20.2. The first-order chi connectivity index (χ1) is 15.0. The van der Waals surface area contributed by atoms with Gasteiger partial charge in [0, 0.05) is 27.7 Å². The van der Waals surface area contributed by atoms with Crippen LogP contribution in [-0.2, 0) is 33.7 Å². The summed E-state index contributed by atoms with van der Waals surface area (Å²) >= 11 is 4.36. The molecule has 0 bridgehead atoms. The highest BCUT2D eigenvalue weighted by Crippen LogP contribution is 2.28. The molecular formula is C20H25N5O3S3. The number of thioether (sulfide) groups is 1. The number of aryl methyl sites for hydroxylation is 1. The van der Waals surface area contributed by atoms with Crippen LogP contribution >= 0.6 is 34.4 Å². The molecule has 11 heteroatoms. The Morgan fingerprint density at radius 3 is 2.77 bits per heavy atom. The van der Waals surface area contributed by atoms with Crippen LogP contribution in [0.3, 0.4) is 0 Å². The number of carbonyl (C=O) groups is 2. The average Bonchev–Trinajstić information content (AvgIpc) is 3.46. The lowest BCUT2D eigenvalue weighted by Crippen LogP contribution is -2.15. The number of rotatable bonds is 11. The quantitative estimate of drug-likeness (QED) is 0.324. The Bertz CT molecular complexity index is 1030. The van der Waals surface area contributed by atoms with E-state index in [0.29, 0.717) is 22.6 Å². The minimum atomic E-state index is -0.330. The van der Waals surface area contributed by atoms with Crippen LogP contribution in [0, 0.1) is 0 Å². The number of carbonyl (C=O) groups excluding carboxylic acids is 2. The molecule has 3 aromatic heterocycles. The van der Waals surface area contributed by atoms with Gasteiger partial charge in [0.05, 0.1) is 24.5 Å². The lowest BCUT2D eigenvalue weighted by molar-refractivity contribution is -0.142. The molecule has 3 heterocycles. The van der Waals surface area contributed by atoms with E-state index < -0.39 is 0 Å². The molecule has 1 amide bonds. The first-order valence-electron chi connectivity index (χ1n) is 10.1. The maximum atomic E-state index is 12.4. The Kier molecular flexibility index (Phi) is 8.61. The van der Waals surface area contributed by atoms with Gasteiger partial charge >= 0.3 is 5.97 Å². The number of thiophene rings is 1. The van der Waals surface area contributed by atoms with E-state index in [-0.39, 0.29) is 24.1 Å². The second-order valence-electron chi connectivity index (χ2n) is 6.56. The number of hydrogen-bond donors (Lipinski definition) is 1. The molecule has 166 valence electrons. The van der Waals surface area contributed by atoms with Gasteiger partial charge in [-0.25, -0.2) is 4.98 Å². The summed E-state index contributed by atoms with van der Waals surface area (Å²) in [5.41, 5.74) is 1.65. The van der Waals surface area contributed by atoms with Crippen molar-refractivity contribution in [3.05, 3.63) is 27.4 Å². The number of nitrogens with zero attached hydrogens (tertiary/aromatic N) is 4. The van der Waals surface area contributed by atoms with Gasteiger partial charge in [0.2, 0.25) is 5.91 Å². The summed E-state index contributed by atoms with van der Waals surface area (Å²) in [5, 5.41) is 16.4. The summed E-state index contributed by atoms with van der Waals surface area (Å²) in [6.07, 6.45) is 2.27. The predicted molar refractivity (Wildman–Crippen MR) is 125 cm³/mol. The van der Waals surface area contributed by atoms with Crippen molar-refractivity contribution < 1.29 is 14.3 Å². The van der Waals surface area contributed by atoms with E-state index in [9.17, 15) is 9.59 Å². The minimum absolute atomic E-state index is 0.0971. The summed E-state index contributed by atoms with van der Waals surface area (Å²) in [6, 6.07) is 2.17. The number of ether oxygens (including phenoxy) is 1. The van der Waals surface area contributed by atoms with Gasteiger partial charge in [-0.3, -0.25) is 9.59 Å². The highest BCUT2D eigenvalue weighted by atomic mass is 32.2. The number of thiazole rings is 1. The topological polar surface area (TPSA) is 99.0 Å². The smallest absolute Gasteiger partial charge is 0.311 e. The van der Waals surface area contributed by atoms with Gasteiger partial charge in [-0.1, -0.05) is 25.1 Å². The summed E-state index contributed by atoms with van der Waals surface area (Å²) in [5.74, 6) is 0.501. The standard InChI is InChI=1S/C20H25N5O3S3/c1-4-7-15-8-13(10-29-15)18-23-24-20(25(18)5-2)31-12-16(26)22-19-21-14(11-30-19)9-17(27)28-6-3/h8,10-11H,4-7,9,12H2,1-3H3,(H,21,22,26). The van der Waals surface area contributed by atoms with Crippen LogP contribution < -0.4 is 5.32 Å². The Labute approximate surface area is 193 Å². The van der Waals surface area contributed by atoms with Crippen molar-refractivity contribution in [2.24, 2.45) is 0 Å². The number of esters is 1. The van der Waals surface area contributed by atoms with Crippen LogP contribution in [0.1, 0.15) is 37.8 Å². The average molecular weight is 480 g/mol. The van der Waals surface area contributed by atoms with Crippen LogP contribution in [0.4, 0.5) is 5.13 Å². The van der Waals surface area contributed by atoms with Crippen molar-refractivity contribution in [3.63, 3.8) is 0 Å². The molecule has 0 radical (unpaired) electrons. The van der Waals surface area contributed by atoms with Gasteiger partial charge in [0.1, 0.15) is 0 Å². The number of anilines is 1. The zero-order valence-electron chi connectivity index (χ0n) is 17.7. The van der Waals surface area contributed by atoms with Crippen molar-refractivity contribution in [2.75, 3.05) is 17.7 Å². The molecule has 0 fully saturated rings. The van der Waals surface area contributed by atoms with Gasteiger partial charge < -0.3 is 14.6 Å². The van der Waals surface area contributed by atoms with Crippen LogP contribution in [0.5, 0.6) is 0 Å². The van der Waals surface area contributed by atoms with E-state index in [1.807, 2.05) is 11.5 Å². The summed E-state index contributed by atoms with van der Waals surface area (Å²) < 4.78 is 6.94. The Morgan fingerprint density at radius 1 is 1.19 bits per heavy atom. The first-order valence-corrected chi connectivity index (χ1v) is 12.8. The molecule has 1 N–H and O–H groups in total. The predicted octanol–water partition coefficient (Wildman–Crippen LogP) is 4.27. The third-order valence-corrected chi connectivity index (χ3v) is 6.97. The van der Waals surface area contributed by atoms with E-state index in [1.165, 1.54) is 28.0 Å². The van der Waals surface area contributed by atoms with Crippen molar-refractivity contribution >= 4 is 51.4 Å². The third-order valence-electron chi connectivity index (χ3n) is 4.20. The molecule has 8 nitrogen and oxygen atoms in total. The number of nitrogens with one attached hydrogen (secondary N) is 1. The zero-order chi connectivity index (χ0) is 22.2. The van der Waals surface area contributed by atoms with E-state index in [2.05, 4.69) is 38.9 Å². The number of aromatic nitrogens is 4. The monoisotopic (exact) mass is 479 g/mol. The molecule has 0 saturated carbocycles. The van der Waals surface area contributed by atoms with Crippen molar-refractivity contribution in [1.29, 1.82) is 0 Å². The summed E-state index contributed by atoms with van der Waals surface area (Å²) in [7, 11) is 0. The molecule has 0 atom stereocenters. The summed E-state index contributed by atoms with van der Waals surface area (Å²) in [4.78, 5) is 29.5. The Morgan fingerprint density at radius 2 is 2.03 bits per heavy atom. The molecule has 0 unspecified atom stereocenters.